The second-order valence-electron chi connectivity index (χ2n) is 5.50. The van der Waals surface area contributed by atoms with Gasteiger partial charge in [-0.05, 0) is 17.5 Å². The predicted octanol–water partition coefficient (Wildman–Crippen LogP) is 2.29. The third kappa shape index (κ3) is 3.04. The van der Waals surface area contributed by atoms with Crippen LogP contribution in [0.15, 0.2) is 54.6 Å². The van der Waals surface area contributed by atoms with Gasteiger partial charge in [0.25, 0.3) is 0 Å². The number of hydrogen-bond acceptors (Lipinski definition) is 3. The van der Waals surface area contributed by atoms with Crippen molar-refractivity contribution in [2.24, 2.45) is 0 Å². The summed E-state index contributed by atoms with van der Waals surface area (Å²) in [4.78, 5) is 14.4. The highest BCUT2D eigenvalue weighted by molar-refractivity contribution is 5.97. The lowest BCUT2D eigenvalue weighted by Gasteiger charge is -2.35. The molecule has 3 heteroatoms. The molecule has 0 unspecified atom stereocenters. The van der Waals surface area contributed by atoms with E-state index in [0.29, 0.717) is 6.54 Å². The maximum atomic E-state index is 12.4. The van der Waals surface area contributed by atoms with E-state index in [1.807, 2.05) is 42.5 Å². The molecule has 1 atom stereocenters. The molecular formula is C18H19NO2. The standard InChI is InChI=1S/C18H19NO2/c20-13-17-10-15-8-4-5-9-16(15)11-19(17)12-18(21)14-6-2-1-3-7-14/h1-9,17,20H,10-13H2/t17-/m0/s1. The van der Waals surface area contributed by atoms with Gasteiger partial charge in [-0.15, -0.1) is 0 Å². The summed E-state index contributed by atoms with van der Waals surface area (Å²) in [5.41, 5.74) is 3.26. The zero-order valence-corrected chi connectivity index (χ0v) is 11.9. The van der Waals surface area contributed by atoms with Crippen molar-refractivity contribution in [2.75, 3.05) is 13.2 Å². The SMILES string of the molecule is O=C(CN1Cc2ccccc2C[C@H]1CO)c1ccccc1. The first-order valence-corrected chi connectivity index (χ1v) is 7.28. The van der Waals surface area contributed by atoms with Gasteiger partial charge in [-0.2, -0.15) is 0 Å². The summed E-state index contributed by atoms with van der Waals surface area (Å²) in [6.45, 7) is 1.15. The Morgan fingerprint density at radius 1 is 1.05 bits per heavy atom. The van der Waals surface area contributed by atoms with E-state index in [4.69, 9.17) is 0 Å². The van der Waals surface area contributed by atoms with Gasteiger partial charge in [-0.3, -0.25) is 9.69 Å². The number of carbonyl (C=O) groups is 1. The molecule has 3 nitrogen and oxygen atoms in total. The molecule has 0 bridgehead atoms. The lowest BCUT2D eigenvalue weighted by Crippen LogP contribution is -2.45. The van der Waals surface area contributed by atoms with Crippen LogP contribution in [0.2, 0.25) is 0 Å². The molecule has 0 spiro atoms. The van der Waals surface area contributed by atoms with Crippen molar-refractivity contribution in [2.45, 2.75) is 19.0 Å². The normalized spacial score (nSPS) is 18.2. The van der Waals surface area contributed by atoms with Crippen LogP contribution in [0.1, 0.15) is 21.5 Å². The summed E-state index contributed by atoms with van der Waals surface area (Å²) < 4.78 is 0. The van der Waals surface area contributed by atoms with Gasteiger partial charge in [0.05, 0.1) is 13.2 Å². The molecule has 0 aliphatic carbocycles. The minimum Gasteiger partial charge on any atom is -0.395 e. The van der Waals surface area contributed by atoms with Crippen molar-refractivity contribution < 1.29 is 9.90 Å². The summed E-state index contributed by atoms with van der Waals surface area (Å²) in [7, 11) is 0. The molecule has 0 amide bonds. The van der Waals surface area contributed by atoms with Gasteiger partial charge in [-0.1, -0.05) is 54.6 Å². The van der Waals surface area contributed by atoms with E-state index < -0.39 is 0 Å². The van der Waals surface area contributed by atoms with E-state index in [9.17, 15) is 9.90 Å². The van der Waals surface area contributed by atoms with Crippen molar-refractivity contribution in [3.05, 3.63) is 71.3 Å². The minimum atomic E-state index is 0.0209. The first kappa shape index (κ1) is 14.0. The highest BCUT2D eigenvalue weighted by atomic mass is 16.3. The number of nitrogens with zero attached hydrogens (tertiary/aromatic N) is 1. The molecule has 0 radical (unpaired) electrons. The van der Waals surface area contributed by atoms with Crippen LogP contribution < -0.4 is 0 Å². The molecule has 0 saturated carbocycles. The Hall–Kier alpha value is -1.97. The fourth-order valence-electron chi connectivity index (χ4n) is 2.91. The molecule has 3 rings (SSSR count). The summed E-state index contributed by atoms with van der Waals surface area (Å²) in [6, 6.07) is 17.6. The monoisotopic (exact) mass is 281 g/mol. The van der Waals surface area contributed by atoms with Gasteiger partial charge in [-0.25, -0.2) is 0 Å². The molecule has 108 valence electrons. The molecule has 21 heavy (non-hydrogen) atoms. The molecule has 1 aliphatic rings. The first-order chi connectivity index (χ1) is 10.3. The lowest BCUT2D eigenvalue weighted by atomic mass is 9.94. The maximum Gasteiger partial charge on any atom is 0.176 e. The smallest absolute Gasteiger partial charge is 0.176 e. The predicted molar refractivity (Wildman–Crippen MR) is 82.2 cm³/mol. The van der Waals surface area contributed by atoms with Gasteiger partial charge in [0.2, 0.25) is 0 Å². The summed E-state index contributed by atoms with van der Waals surface area (Å²) in [5, 5.41) is 9.62. The Morgan fingerprint density at radius 3 is 2.43 bits per heavy atom. The van der Waals surface area contributed by atoms with Crippen LogP contribution in [0.3, 0.4) is 0 Å². The number of ketones is 1. The van der Waals surface area contributed by atoms with E-state index in [1.165, 1.54) is 11.1 Å². The van der Waals surface area contributed by atoms with Gasteiger partial charge < -0.3 is 5.11 Å². The topological polar surface area (TPSA) is 40.5 Å². The number of aliphatic hydroxyl groups excluding tert-OH is 1. The largest absolute Gasteiger partial charge is 0.395 e. The molecule has 1 aliphatic heterocycles. The van der Waals surface area contributed by atoms with Crippen LogP contribution in [0, 0.1) is 0 Å². The number of Topliss-reactive ketones (excluding diaryl/α,β-unsaturated/α-hetero) is 1. The summed E-state index contributed by atoms with van der Waals surface area (Å²) >= 11 is 0. The third-order valence-corrected chi connectivity index (χ3v) is 4.12. The molecule has 0 fully saturated rings. The van der Waals surface area contributed by atoms with Crippen LogP contribution in [0.5, 0.6) is 0 Å². The van der Waals surface area contributed by atoms with Gasteiger partial charge in [0, 0.05) is 18.2 Å². The van der Waals surface area contributed by atoms with Crippen molar-refractivity contribution in [1.29, 1.82) is 0 Å². The Kier molecular flexibility index (Phi) is 4.13. The molecule has 2 aromatic carbocycles. The summed E-state index contributed by atoms with van der Waals surface area (Å²) in [5.74, 6) is 0.105. The van der Waals surface area contributed by atoms with Crippen LogP contribution in [-0.4, -0.2) is 35.0 Å². The van der Waals surface area contributed by atoms with Crippen LogP contribution in [-0.2, 0) is 13.0 Å². The zero-order valence-electron chi connectivity index (χ0n) is 11.9. The zero-order chi connectivity index (χ0) is 14.7. The quantitative estimate of drug-likeness (QED) is 0.874. The number of benzene rings is 2. The van der Waals surface area contributed by atoms with Crippen LogP contribution in [0.4, 0.5) is 0 Å². The first-order valence-electron chi connectivity index (χ1n) is 7.28. The fourth-order valence-corrected chi connectivity index (χ4v) is 2.91. The fraction of sp³-hybridized carbons (Fsp3) is 0.278. The van der Waals surface area contributed by atoms with Crippen molar-refractivity contribution in [1.82, 2.24) is 4.90 Å². The van der Waals surface area contributed by atoms with E-state index in [-0.39, 0.29) is 18.4 Å². The van der Waals surface area contributed by atoms with Crippen molar-refractivity contribution >= 4 is 5.78 Å². The molecule has 2 aromatic rings. The minimum absolute atomic E-state index is 0.0209. The highest BCUT2D eigenvalue weighted by Gasteiger charge is 2.27. The number of hydrogen-bond donors (Lipinski definition) is 1. The second kappa shape index (κ2) is 6.20. The highest BCUT2D eigenvalue weighted by Crippen LogP contribution is 2.23. The Bertz CT molecular complexity index is 624. The average Bonchev–Trinajstić information content (AvgIpc) is 2.55. The number of aliphatic hydroxyl groups is 1. The van der Waals surface area contributed by atoms with E-state index in [0.717, 1.165) is 18.5 Å². The lowest BCUT2D eigenvalue weighted by molar-refractivity contribution is 0.0769. The Morgan fingerprint density at radius 2 is 1.71 bits per heavy atom. The number of rotatable bonds is 4. The average molecular weight is 281 g/mol. The third-order valence-electron chi connectivity index (χ3n) is 4.12. The molecule has 0 saturated heterocycles. The summed E-state index contributed by atoms with van der Waals surface area (Å²) in [6.07, 6.45) is 0.800. The van der Waals surface area contributed by atoms with E-state index in [1.54, 1.807) is 0 Å². The maximum absolute atomic E-state index is 12.4. The molecule has 0 aromatic heterocycles. The van der Waals surface area contributed by atoms with E-state index in [2.05, 4.69) is 17.0 Å². The molecule has 1 heterocycles. The Labute approximate surface area is 124 Å². The van der Waals surface area contributed by atoms with Crippen molar-refractivity contribution in [3.63, 3.8) is 0 Å². The Balaban J connectivity index is 1.77. The second-order valence-corrected chi connectivity index (χ2v) is 5.50. The number of fused-ring (bicyclic) bond motifs is 1. The molecule has 1 N–H and O–H groups in total. The van der Waals surface area contributed by atoms with Crippen LogP contribution in [0.25, 0.3) is 0 Å². The molecular weight excluding hydrogens is 262 g/mol. The van der Waals surface area contributed by atoms with Crippen LogP contribution >= 0.6 is 0 Å². The van der Waals surface area contributed by atoms with E-state index >= 15 is 0 Å². The number of carbonyl (C=O) groups excluding carboxylic acids is 1. The van der Waals surface area contributed by atoms with Gasteiger partial charge in [0.1, 0.15) is 0 Å². The van der Waals surface area contributed by atoms with Crippen molar-refractivity contribution in [3.8, 4) is 0 Å². The van der Waals surface area contributed by atoms with Gasteiger partial charge in [0.15, 0.2) is 5.78 Å². The van der Waals surface area contributed by atoms with Gasteiger partial charge >= 0.3 is 0 Å².